The monoisotopic (exact) mass is 307 g/mol. The highest BCUT2D eigenvalue weighted by molar-refractivity contribution is 7.99. The molecule has 1 N–H and O–H groups in total. The average molecular weight is 307 g/mol. The molecule has 1 aromatic heterocycles. The predicted octanol–water partition coefficient (Wildman–Crippen LogP) is 4.62. The van der Waals surface area contributed by atoms with Crippen LogP contribution < -0.4 is 0 Å². The van der Waals surface area contributed by atoms with Crippen LogP contribution in [0.1, 0.15) is 22.8 Å². The molecule has 0 saturated heterocycles. The van der Waals surface area contributed by atoms with E-state index in [0.717, 1.165) is 26.6 Å². The zero-order chi connectivity index (χ0) is 15.4. The summed E-state index contributed by atoms with van der Waals surface area (Å²) in [6, 6.07) is 21.9. The molecule has 22 heavy (non-hydrogen) atoms. The Hall–Kier alpha value is -2.10. The normalized spacial score (nSPS) is 12.1. The first-order chi connectivity index (χ1) is 10.7. The zero-order valence-electron chi connectivity index (χ0n) is 12.3. The Kier molecular flexibility index (Phi) is 4.56. The van der Waals surface area contributed by atoms with E-state index in [4.69, 9.17) is 0 Å². The van der Waals surface area contributed by atoms with Gasteiger partial charge in [0, 0.05) is 16.7 Å². The fraction of sp³-hybridized carbons (Fsp3) is 0.105. The molecule has 0 aliphatic rings. The topological polar surface area (TPSA) is 33.1 Å². The number of pyridine rings is 1. The van der Waals surface area contributed by atoms with Gasteiger partial charge in [0.2, 0.25) is 0 Å². The number of hydrogen-bond donors (Lipinski definition) is 1. The van der Waals surface area contributed by atoms with E-state index in [1.807, 2.05) is 61.5 Å². The van der Waals surface area contributed by atoms with E-state index in [9.17, 15) is 5.11 Å². The smallest absolute Gasteiger partial charge is 0.106 e. The lowest BCUT2D eigenvalue weighted by Gasteiger charge is -2.14. The lowest BCUT2D eigenvalue weighted by Crippen LogP contribution is -2.03. The van der Waals surface area contributed by atoms with Gasteiger partial charge in [-0.3, -0.25) is 0 Å². The Morgan fingerprint density at radius 3 is 2.23 bits per heavy atom. The second-order valence-electron chi connectivity index (χ2n) is 5.11. The highest BCUT2D eigenvalue weighted by Crippen LogP contribution is 2.30. The van der Waals surface area contributed by atoms with Gasteiger partial charge in [-0.05, 0) is 36.2 Å². The number of rotatable bonds is 4. The van der Waals surface area contributed by atoms with Crippen LogP contribution in [0.5, 0.6) is 0 Å². The van der Waals surface area contributed by atoms with Crippen LogP contribution in [0.15, 0.2) is 82.8 Å². The molecule has 2 aromatic carbocycles. The maximum atomic E-state index is 10.5. The van der Waals surface area contributed by atoms with Gasteiger partial charge in [-0.2, -0.15) is 0 Å². The van der Waals surface area contributed by atoms with Gasteiger partial charge >= 0.3 is 0 Å². The Bertz CT molecular complexity index is 744. The number of hydrogen-bond acceptors (Lipinski definition) is 3. The van der Waals surface area contributed by atoms with Gasteiger partial charge in [0.15, 0.2) is 0 Å². The first-order valence-corrected chi connectivity index (χ1v) is 7.98. The minimum Gasteiger partial charge on any atom is -0.384 e. The highest BCUT2D eigenvalue weighted by Gasteiger charge is 2.13. The molecule has 0 saturated carbocycles. The fourth-order valence-electron chi connectivity index (χ4n) is 2.31. The fourth-order valence-corrected chi connectivity index (χ4v) is 3.18. The van der Waals surface area contributed by atoms with Gasteiger partial charge in [0.1, 0.15) is 11.1 Å². The quantitative estimate of drug-likeness (QED) is 0.763. The second-order valence-corrected chi connectivity index (χ2v) is 6.20. The summed E-state index contributed by atoms with van der Waals surface area (Å²) in [5.41, 5.74) is 2.78. The summed E-state index contributed by atoms with van der Waals surface area (Å²) in [7, 11) is 0. The molecule has 0 spiro atoms. The van der Waals surface area contributed by atoms with E-state index < -0.39 is 6.10 Å². The second kappa shape index (κ2) is 6.77. The van der Waals surface area contributed by atoms with Crippen molar-refractivity contribution < 1.29 is 5.11 Å². The van der Waals surface area contributed by atoms with Crippen LogP contribution in [0.25, 0.3) is 0 Å². The zero-order valence-corrected chi connectivity index (χ0v) is 13.1. The Morgan fingerprint density at radius 1 is 0.955 bits per heavy atom. The van der Waals surface area contributed by atoms with Crippen LogP contribution in [-0.2, 0) is 0 Å². The molecule has 3 aromatic rings. The van der Waals surface area contributed by atoms with E-state index >= 15 is 0 Å². The molecule has 1 atom stereocenters. The molecular formula is C19H17NOS. The van der Waals surface area contributed by atoms with Crippen LogP contribution in [0.2, 0.25) is 0 Å². The van der Waals surface area contributed by atoms with Gasteiger partial charge in [-0.15, -0.1) is 0 Å². The summed E-state index contributed by atoms with van der Waals surface area (Å²) in [5.74, 6) is 0. The van der Waals surface area contributed by atoms with Crippen molar-refractivity contribution in [1.82, 2.24) is 4.98 Å². The van der Waals surface area contributed by atoms with E-state index in [0.29, 0.717) is 0 Å². The lowest BCUT2D eigenvalue weighted by molar-refractivity contribution is 0.219. The van der Waals surface area contributed by atoms with Crippen molar-refractivity contribution in [3.05, 3.63) is 89.6 Å². The maximum absolute atomic E-state index is 10.5. The van der Waals surface area contributed by atoms with E-state index in [-0.39, 0.29) is 0 Å². The number of aliphatic hydroxyl groups is 1. The van der Waals surface area contributed by atoms with Gasteiger partial charge in [0.05, 0.1) is 0 Å². The third-order valence-electron chi connectivity index (χ3n) is 3.50. The number of aliphatic hydroxyl groups excluding tert-OH is 1. The van der Waals surface area contributed by atoms with Crippen molar-refractivity contribution in [1.29, 1.82) is 0 Å². The average Bonchev–Trinajstić information content (AvgIpc) is 2.56. The highest BCUT2D eigenvalue weighted by atomic mass is 32.2. The number of nitrogens with zero attached hydrogens (tertiary/aromatic N) is 1. The SMILES string of the molecule is Cc1cc(Sc2ccccc2)ncc1[C@H](O)c1ccccc1. The van der Waals surface area contributed by atoms with Crippen molar-refractivity contribution in [2.45, 2.75) is 22.9 Å². The van der Waals surface area contributed by atoms with Crippen molar-refractivity contribution >= 4 is 11.8 Å². The summed E-state index contributed by atoms with van der Waals surface area (Å²) in [6.07, 6.45) is 1.14. The predicted molar refractivity (Wildman–Crippen MR) is 90.0 cm³/mol. The molecule has 3 rings (SSSR count). The molecule has 0 amide bonds. The third-order valence-corrected chi connectivity index (χ3v) is 4.44. The number of benzene rings is 2. The Labute approximate surface area is 134 Å². The van der Waals surface area contributed by atoms with Crippen LogP contribution in [0, 0.1) is 6.92 Å². The molecule has 1 heterocycles. The summed E-state index contributed by atoms with van der Waals surface area (Å²) >= 11 is 1.63. The van der Waals surface area contributed by atoms with Crippen molar-refractivity contribution in [2.24, 2.45) is 0 Å². The summed E-state index contributed by atoms with van der Waals surface area (Å²) in [6.45, 7) is 2.01. The summed E-state index contributed by atoms with van der Waals surface area (Å²) in [4.78, 5) is 5.64. The molecule has 0 fully saturated rings. The molecule has 3 heteroatoms. The standard InChI is InChI=1S/C19H17NOS/c1-14-12-18(22-16-10-6-3-7-11-16)20-13-17(14)19(21)15-8-4-2-5-9-15/h2-13,19,21H,1H3/t19-/m1/s1. The van der Waals surface area contributed by atoms with E-state index in [2.05, 4.69) is 17.1 Å². The molecule has 110 valence electrons. The lowest BCUT2D eigenvalue weighted by atomic mass is 10.00. The summed E-state index contributed by atoms with van der Waals surface area (Å²) in [5, 5.41) is 11.4. The minimum absolute atomic E-state index is 0.635. The summed E-state index contributed by atoms with van der Waals surface area (Å²) < 4.78 is 0. The van der Waals surface area contributed by atoms with Gasteiger partial charge in [-0.25, -0.2) is 4.98 Å². The van der Waals surface area contributed by atoms with Gasteiger partial charge < -0.3 is 5.11 Å². The minimum atomic E-state index is -0.635. The van der Waals surface area contributed by atoms with Gasteiger partial charge in [0.25, 0.3) is 0 Å². The number of aromatic nitrogens is 1. The van der Waals surface area contributed by atoms with Gasteiger partial charge in [-0.1, -0.05) is 60.3 Å². The molecular weight excluding hydrogens is 290 g/mol. The van der Waals surface area contributed by atoms with E-state index in [1.165, 1.54) is 0 Å². The molecule has 0 aliphatic heterocycles. The van der Waals surface area contributed by atoms with Crippen molar-refractivity contribution in [3.63, 3.8) is 0 Å². The first-order valence-electron chi connectivity index (χ1n) is 7.16. The molecule has 2 nitrogen and oxygen atoms in total. The van der Waals surface area contributed by atoms with Crippen LogP contribution in [0.4, 0.5) is 0 Å². The van der Waals surface area contributed by atoms with Crippen LogP contribution in [-0.4, -0.2) is 10.1 Å². The molecule has 0 aliphatic carbocycles. The van der Waals surface area contributed by atoms with Crippen LogP contribution in [0.3, 0.4) is 0 Å². The van der Waals surface area contributed by atoms with E-state index in [1.54, 1.807) is 18.0 Å². The Balaban J connectivity index is 1.83. The first kappa shape index (κ1) is 14.8. The largest absolute Gasteiger partial charge is 0.384 e. The molecule has 0 unspecified atom stereocenters. The molecule has 0 bridgehead atoms. The Morgan fingerprint density at radius 2 is 1.59 bits per heavy atom. The maximum Gasteiger partial charge on any atom is 0.106 e. The van der Waals surface area contributed by atoms with Crippen molar-refractivity contribution in [3.8, 4) is 0 Å². The molecule has 0 radical (unpaired) electrons. The van der Waals surface area contributed by atoms with Crippen molar-refractivity contribution in [2.75, 3.05) is 0 Å². The third kappa shape index (κ3) is 3.38. The number of aryl methyl sites for hydroxylation is 1. The van der Waals surface area contributed by atoms with Crippen LogP contribution >= 0.6 is 11.8 Å².